The van der Waals surface area contributed by atoms with Crippen LogP contribution in [0.1, 0.15) is 55.6 Å². The number of amides is 1. The van der Waals surface area contributed by atoms with Gasteiger partial charge in [-0.1, -0.05) is 6.92 Å². The van der Waals surface area contributed by atoms with Crippen molar-refractivity contribution in [3.05, 3.63) is 57.0 Å². The number of fused-ring (bicyclic) bond motifs is 5. The molecule has 5 rings (SSSR count). The number of ether oxygens (including phenoxy) is 1. The Morgan fingerprint density at radius 3 is 2.77 bits per heavy atom. The van der Waals surface area contributed by atoms with Gasteiger partial charge in [-0.15, -0.1) is 0 Å². The van der Waals surface area contributed by atoms with Crippen LogP contribution in [-0.2, 0) is 39.3 Å². The summed E-state index contributed by atoms with van der Waals surface area (Å²) in [5.74, 6) is -0.305. The normalized spacial score (nSPS) is 26.4. The number of nitrogens with two attached hydrogens (primary N) is 1. The number of esters is 1. The van der Waals surface area contributed by atoms with E-state index in [1.54, 1.807) is 22.5 Å². The lowest BCUT2D eigenvalue weighted by molar-refractivity contribution is -0.153. The van der Waals surface area contributed by atoms with E-state index in [-0.39, 0.29) is 36.0 Å². The molecule has 0 saturated carbocycles. The van der Waals surface area contributed by atoms with Crippen LogP contribution in [0, 0.1) is 5.92 Å². The summed E-state index contributed by atoms with van der Waals surface area (Å²) < 4.78 is 7.14. The summed E-state index contributed by atoms with van der Waals surface area (Å²) in [6.07, 6.45) is 1.27. The van der Waals surface area contributed by atoms with Crippen LogP contribution < -0.4 is 16.2 Å². The van der Waals surface area contributed by atoms with E-state index >= 15 is 0 Å². The Kier molecular flexibility index (Phi) is 3.91. The fourth-order valence-electron chi connectivity index (χ4n) is 5.41. The first-order valence-corrected chi connectivity index (χ1v) is 10.4. The van der Waals surface area contributed by atoms with Crippen molar-refractivity contribution >= 4 is 23.3 Å². The van der Waals surface area contributed by atoms with Crippen molar-refractivity contribution < 1.29 is 14.3 Å². The maximum Gasteiger partial charge on any atom is 0.316 e. The molecule has 7 nitrogen and oxygen atoms in total. The summed E-state index contributed by atoms with van der Waals surface area (Å²) in [7, 11) is 0. The molecule has 0 saturated heterocycles. The zero-order valence-electron chi connectivity index (χ0n) is 17.4. The first-order chi connectivity index (χ1) is 14.3. The summed E-state index contributed by atoms with van der Waals surface area (Å²) in [6, 6.07) is 7.33. The number of benzene rings is 1. The Morgan fingerprint density at radius 2 is 2.07 bits per heavy atom. The quantitative estimate of drug-likeness (QED) is 0.579. The molecule has 4 heterocycles. The number of rotatable bonds is 1. The molecular weight excluding hydrogens is 382 g/mol. The summed E-state index contributed by atoms with van der Waals surface area (Å²) in [5.41, 5.74) is 9.63. The van der Waals surface area contributed by atoms with Crippen molar-refractivity contribution in [2.24, 2.45) is 5.92 Å². The Bertz CT molecular complexity index is 1170. The molecule has 0 aliphatic carbocycles. The Morgan fingerprint density at radius 1 is 1.30 bits per heavy atom. The van der Waals surface area contributed by atoms with Gasteiger partial charge in [0.2, 0.25) is 5.91 Å². The Hall–Kier alpha value is -3.09. The van der Waals surface area contributed by atoms with E-state index in [4.69, 9.17) is 10.5 Å². The van der Waals surface area contributed by atoms with Crippen molar-refractivity contribution in [1.29, 1.82) is 0 Å². The van der Waals surface area contributed by atoms with Crippen LogP contribution in [0.2, 0.25) is 0 Å². The third-order valence-electron chi connectivity index (χ3n) is 7.16. The number of pyridine rings is 1. The largest absolute Gasteiger partial charge is 0.460 e. The maximum atomic E-state index is 13.4. The molecule has 3 atom stereocenters. The molecule has 156 valence electrons. The van der Waals surface area contributed by atoms with E-state index in [9.17, 15) is 14.4 Å². The van der Waals surface area contributed by atoms with Crippen molar-refractivity contribution in [3.63, 3.8) is 0 Å². The van der Waals surface area contributed by atoms with Crippen molar-refractivity contribution in [3.8, 4) is 0 Å². The minimum absolute atomic E-state index is 0.00534. The lowest BCUT2D eigenvalue weighted by Gasteiger charge is -2.39. The van der Waals surface area contributed by atoms with Crippen LogP contribution in [0.3, 0.4) is 0 Å². The molecule has 2 N–H and O–H groups in total. The van der Waals surface area contributed by atoms with Gasteiger partial charge < -0.3 is 19.9 Å². The molecule has 0 spiro atoms. The van der Waals surface area contributed by atoms with Gasteiger partial charge in [0.05, 0.1) is 17.0 Å². The molecule has 1 aromatic carbocycles. The second kappa shape index (κ2) is 6.20. The molecule has 3 aliphatic heterocycles. The molecule has 7 heteroatoms. The summed E-state index contributed by atoms with van der Waals surface area (Å²) in [5, 5.41) is 0. The van der Waals surface area contributed by atoms with E-state index in [2.05, 4.69) is 0 Å². The minimum Gasteiger partial charge on any atom is -0.460 e. The first-order valence-electron chi connectivity index (χ1n) is 10.4. The van der Waals surface area contributed by atoms with E-state index in [1.807, 2.05) is 32.0 Å². The molecule has 0 bridgehead atoms. The predicted octanol–water partition coefficient (Wildman–Crippen LogP) is 2.44. The standard InChI is InChI=1S/C23H25N3O4/c1-4-23(3)17-9-19-20-14(10-25(19)21(28)16(17)11-30-22(23)29)7-13-8-15(24)5-6-18(13)26(20)12(2)27/h5-6,8-9,14,20H,4,7,10-11,24H2,1-3H3. The summed E-state index contributed by atoms with van der Waals surface area (Å²) in [6.45, 7) is 5.84. The van der Waals surface area contributed by atoms with Crippen LogP contribution in [0.5, 0.6) is 0 Å². The number of nitrogens with zero attached hydrogens (tertiary/aromatic N) is 2. The maximum absolute atomic E-state index is 13.4. The fraction of sp³-hybridized carbons (Fsp3) is 0.435. The third kappa shape index (κ3) is 2.35. The first kappa shape index (κ1) is 18.9. The van der Waals surface area contributed by atoms with Gasteiger partial charge in [0.25, 0.3) is 5.56 Å². The molecule has 0 fully saturated rings. The highest BCUT2D eigenvalue weighted by atomic mass is 16.5. The van der Waals surface area contributed by atoms with Gasteiger partial charge in [0.15, 0.2) is 0 Å². The second-order valence-corrected chi connectivity index (χ2v) is 8.83. The molecule has 1 aromatic heterocycles. The highest BCUT2D eigenvalue weighted by Gasteiger charge is 2.47. The Labute approximate surface area is 174 Å². The van der Waals surface area contributed by atoms with Gasteiger partial charge in [0, 0.05) is 36.5 Å². The highest BCUT2D eigenvalue weighted by Crippen LogP contribution is 2.48. The van der Waals surface area contributed by atoms with Crippen LogP contribution in [-0.4, -0.2) is 16.4 Å². The Balaban J connectivity index is 1.73. The number of cyclic esters (lactones) is 1. The van der Waals surface area contributed by atoms with E-state index in [1.165, 1.54) is 0 Å². The highest BCUT2D eigenvalue weighted by molar-refractivity contribution is 5.94. The predicted molar refractivity (Wildman–Crippen MR) is 112 cm³/mol. The van der Waals surface area contributed by atoms with E-state index in [0.717, 1.165) is 28.9 Å². The molecule has 3 unspecified atom stereocenters. The fourth-order valence-corrected chi connectivity index (χ4v) is 5.41. The van der Waals surface area contributed by atoms with Crippen LogP contribution >= 0.6 is 0 Å². The molecule has 3 aliphatic rings. The van der Waals surface area contributed by atoms with Gasteiger partial charge >= 0.3 is 5.97 Å². The molecular formula is C23H25N3O4. The van der Waals surface area contributed by atoms with E-state index < -0.39 is 5.41 Å². The van der Waals surface area contributed by atoms with Crippen molar-refractivity contribution in [1.82, 2.24) is 4.57 Å². The number of hydrogen-bond acceptors (Lipinski definition) is 5. The van der Waals surface area contributed by atoms with Gasteiger partial charge in [-0.25, -0.2) is 0 Å². The van der Waals surface area contributed by atoms with Crippen LogP contribution in [0.15, 0.2) is 29.1 Å². The van der Waals surface area contributed by atoms with Crippen LogP contribution in [0.25, 0.3) is 0 Å². The number of anilines is 2. The minimum atomic E-state index is -0.859. The van der Waals surface area contributed by atoms with Gasteiger partial charge in [0.1, 0.15) is 6.61 Å². The monoisotopic (exact) mass is 407 g/mol. The second-order valence-electron chi connectivity index (χ2n) is 8.83. The van der Waals surface area contributed by atoms with Crippen molar-refractivity contribution in [2.75, 3.05) is 10.6 Å². The number of nitrogen functional groups attached to an aromatic ring is 1. The zero-order valence-corrected chi connectivity index (χ0v) is 17.4. The lowest BCUT2D eigenvalue weighted by Crippen LogP contribution is -2.43. The average Bonchev–Trinajstić information content (AvgIpc) is 3.07. The molecule has 30 heavy (non-hydrogen) atoms. The third-order valence-corrected chi connectivity index (χ3v) is 7.16. The average molecular weight is 407 g/mol. The number of carbonyl (C=O) groups is 2. The van der Waals surface area contributed by atoms with Crippen LogP contribution in [0.4, 0.5) is 11.4 Å². The zero-order chi connectivity index (χ0) is 21.4. The van der Waals surface area contributed by atoms with Gasteiger partial charge in [-0.3, -0.25) is 14.4 Å². The summed E-state index contributed by atoms with van der Waals surface area (Å²) in [4.78, 5) is 40.5. The summed E-state index contributed by atoms with van der Waals surface area (Å²) >= 11 is 0. The number of hydrogen-bond donors (Lipinski definition) is 1. The number of carbonyl (C=O) groups excluding carboxylic acids is 2. The van der Waals surface area contributed by atoms with E-state index in [0.29, 0.717) is 24.2 Å². The molecule has 0 radical (unpaired) electrons. The molecule has 2 aromatic rings. The van der Waals surface area contributed by atoms with Gasteiger partial charge in [-0.05, 0) is 55.2 Å². The van der Waals surface area contributed by atoms with Gasteiger partial charge in [-0.2, -0.15) is 0 Å². The number of aromatic nitrogens is 1. The smallest absolute Gasteiger partial charge is 0.316 e. The SMILES string of the molecule is CCC1(C)C(=O)OCc2c1cc1n(c2=O)CC2Cc3cc(N)ccc3N(C(C)=O)C12. The topological polar surface area (TPSA) is 94.6 Å². The van der Waals surface area contributed by atoms with Crippen molar-refractivity contribution in [2.45, 2.75) is 58.2 Å². The lowest BCUT2D eigenvalue weighted by atomic mass is 9.76. The molecule has 1 amide bonds.